The van der Waals surface area contributed by atoms with Crippen molar-refractivity contribution < 1.29 is 40.6 Å². The molecule has 0 saturated heterocycles. The van der Waals surface area contributed by atoms with Crippen LogP contribution in [0.15, 0.2) is 59.7 Å². The summed E-state index contributed by atoms with van der Waals surface area (Å²) in [6, 6.07) is 7.58. The van der Waals surface area contributed by atoms with Gasteiger partial charge in [0.2, 0.25) is 0 Å². The average Bonchev–Trinajstić information content (AvgIpc) is 2.86. The zero-order chi connectivity index (χ0) is 29.1. The highest BCUT2D eigenvalue weighted by Gasteiger charge is 2.36. The first-order chi connectivity index (χ1) is 18.1. The van der Waals surface area contributed by atoms with E-state index in [9.17, 15) is 31.1 Å². The van der Waals surface area contributed by atoms with Gasteiger partial charge in [0, 0.05) is 30.3 Å². The van der Waals surface area contributed by atoms with Gasteiger partial charge in [0.25, 0.3) is 0 Å². The molecule has 0 radical (unpaired) electrons. The molecule has 3 rings (SSSR count). The molecule has 212 valence electrons. The number of rotatable bonds is 7. The summed E-state index contributed by atoms with van der Waals surface area (Å²) in [6.45, 7) is 3.18. The molecular formula is C28H30F6N2O3. The van der Waals surface area contributed by atoms with E-state index in [1.807, 2.05) is 19.9 Å². The lowest BCUT2D eigenvalue weighted by Crippen LogP contribution is -2.34. The molecule has 0 spiro atoms. The summed E-state index contributed by atoms with van der Waals surface area (Å²) in [6.07, 6.45) is -8.33. The SMILES string of the molecule is COC(=O)N(CC1=CC(N)CC(C(F)(F)F)=C1)Cc1cc(C(F)(F)F)ccc1-c1cc(C(C)C)ccc1OC. The van der Waals surface area contributed by atoms with Gasteiger partial charge in [-0.1, -0.05) is 32.1 Å². The predicted octanol–water partition coefficient (Wildman–Crippen LogP) is 7.22. The molecule has 11 heteroatoms. The third-order valence-corrected chi connectivity index (χ3v) is 6.39. The Morgan fingerprint density at radius 1 is 1.00 bits per heavy atom. The molecule has 39 heavy (non-hydrogen) atoms. The second-order valence-corrected chi connectivity index (χ2v) is 9.59. The number of hydrogen-bond acceptors (Lipinski definition) is 4. The Morgan fingerprint density at radius 2 is 1.69 bits per heavy atom. The van der Waals surface area contributed by atoms with E-state index in [2.05, 4.69) is 0 Å². The van der Waals surface area contributed by atoms with E-state index in [4.69, 9.17) is 15.2 Å². The summed E-state index contributed by atoms with van der Waals surface area (Å²) >= 11 is 0. The molecular weight excluding hydrogens is 526 g/mol. The van der Waals surface area contributed by atoms with E-state index >= 15 is 0 Å². The van der Waals surface area contributed by atoms with Crippen molar-refractivity contribution in [1.82, 2.24) is 4.90 Å². The molecule has 0 aromatic heterocycles. The lowest BCUT2D eigenvalue weighted by Gasteiger charge is -2.27. The van der Waals surface area contributed by atoms with Crippen LogP contribution in [0.4, 0.5) is 31.1 Å². The highest BCUT2D eigenvalue weighted by Crippen LogP contribution is 2.39. The van der Waals surface area contributed by atoms with Crippen LogP contribution in [0.5, 0.6) is 5.75 Å². The second-order valence-electron chi connectivity index (χ2n) is 9.59. The van der Waals surface area contributed by atoms with Crippen molar-refractivity contribution in [3.63, 3.8) is 0 Å². The quantitative estimate of drug-likeness (QED) is 0.366. The molecule has 0 fully saturated rings. The van der Waals surface area contributed by atoms with Gasteiger partial charge < -0.3 is 15.2 Å². The molecule has 0 aliphatic heterocycles. The predicted molar refractivity (Wildman–Crippen MR) is 135 cm³/mol. The summed E-state index contributed by atoms with van der Waals surface area (Å²) in [4.78, 5) is 13.7. The highest BCUT2D eigenvalue weighted by molar-refractivity contribution is 5.76. The van der Waals surface area contributed by atoms with Gasteiger partial charge in [-0.25, -0.2) is 4.79 Å². The van der Waals surface area contributed by atoms with Crippen molar-refractivity contribution >= 4 is 6.09 Å². The molecule has 1 atom stereocenters. The fourth-order valence-corrected chi connectivity index (χ4v) is 4.41. The number of halogens is 6. The molecule has 1 aliphatic rings. The summed E-state index contributed by atoms with van der Waals surface area (Å²) in [5.41, 5.74) is 6.00. The summed E-state index contributed by atoms with van der Waals surface area (Å²) in [5.74, 6) is 0.514. The molecule has 1 unspecified atom stereocenters. The standard InChI is InChI=1S/C28H30F6N2O3/c1-16(2)18-5-8-25(38-3)24(12-18)23-7-6-20(27(29,30)31)11-19(23)15-36(26(37)39-4)14-17-9-21(28(32,33)34)13-22(35)10-17/h5-12,16,22H,13-15,35H2,1-4H3. The van der Waals surface area contributed by atoms with Crippen LogP contribution in [-0.2, 0) is 17.5 Å². The Bertz CT molecular complexity index is 1260. The van der Waals surface area contributed by atoms with Crippen LogP contribution >= 0.6 is 0 Å². The van der Waals surface area contributed by atoms with Crippen LogP contribution in [0.2, 0.25) is 0 Å². The minimum Gasteiger partial charge on any atom is -0.496 e. The fourth-order valence-electron chi connectivity index (χ4n) is 4.41. The Hall–Kier alpha value is -3.47. The van der Waals surface area contributed by atoms with Crippen LogP contribution in [0.1, 0.15) is 42.9 Å². The van der Waals surface area contributed by atoms with E-state index in [0.717, 1.165) is 35.8 Å². The van der Waals surface area contributed by atoms with E-state index in [0.29, 0.717) is 16.9 Å². The van der Waals surface area contributed by atoms with Gasteiger partial charge in [-0.15, -0.1) is 0 Å². The molecule has 2 aromatic rings. The monoisotopic (exact) mass is 556 g/mol. The molecule has 1 aliphatic carbocycles. The first-order valence-electron chi connectivity index (χ1n) is 12.1. The van der Waals surface area contributed by atoms with Crippen molar-refractivity contribution in [1.29, 1.82) is 0 Å². The van der Waals surface area contributed by atoms with Crippen LogP contribution in [0.3, 0.4) is 0 Å². The molecule has 1 amide bonds. The van der Waals surface area contributed by atoms with Gasteiger partial charge in [0.15, 0.2) is 0 Å². The van der Waals surface area contributed by atoms with Crippen LogP contribution in [0.25, 0.3) is 11.1 Å². The number of methoxy groups -OCH3 is 2. The summed E-state index contributed by atoms with van der Waals surface area (Å²) < 4.78 is 91.5. The number of alkyl halides is 6. The van der Waals surface area contributed by atoms with Crippen molar-refractivity contribution in [3.8, 4) is 16.9 Å². The number of hydrogen-bond donors (Lipinski definition) is 1. The maximum Gasteiger partial charge on any atom is 0.416 e. The fraction of sp³-hybridized carbons (Fsp3) is 0.393. The van der Waals surface area contributed by atoms with E-state index in [1.165, 1.54) is 19.3 Å². The smallest absolute Gasteiger partial charge is 0.416 e. The lowest BCUT2D eigenvalue weighted by molar-refractivity contribution is -0.137. The number of benzene rings is 2. The van der Waals surface area contributed by atoms with Crippen LogP contribution in [0, 0.1) is 0 Å². The Kier molecular flexibility index (Phi) is 9.05. The molecule has 0 bridgehead atoms. The lowest BCUT2D eigenvalue weighted by atomic mass is 9.92. The molecule has 2 aromatic carbocycles. The maximum atomic E-state index is 13.7. The van der Waals surface area contributed by atoms with E-state index in [1.54, 1.807) is 12.1 Å². The molecule has 2 N–H and O–H groups in total. The first kappa shape index (κ1) is 30.1. The third kappa shape index (κ3) is 7.35. The highest BCUT2D eigenvalue weighted by atomic mass is 19.4. The number of carbonyl (C=O) groups excluding carboxylic acids is 1. The topological polar surface area (TPSA) is 64.8 Å². The van der Waals surface area contributed by atoms with Crippen LogP contribution in [-0.4, -0.2) is 44.0 Å². The van der Waals surface area contributed by atoms with Crippen molar-refractivity contribution in [2.75, 3.05) is 20.8 Å². The Balaban J connectivity index is 2.12. The number of ether oxygens (including phenoxy) is 2. The zero-order valence-corrected chi connectivity index (χ0v) is 21.9. The average molecular weight is 557 g/mol. The van der Waals surface area contributed by atoms with E-state index < -0.39 is 42.0 Å². The van der Waals surface area contributed by atoms with Gasteiger partial charge in [-0.05, 0) is 64.9 Å². The minimum atomic E-state index is -4.67. The van der Waals surface area contributed by atoms with Gasteiger partial charge >= 0.3 is 18.4 Å². The van der Waals surface area contributed by atoms with Crippen molar-refractivity contribution in [3.05, 3.63) is 76.4 Å². The van der Waals surface area contributed by atoms with E-state index in [-0.39, 0.29) is 30.1 Å². The van der Waals surface area contributed by atoms with Gasteiger partial charge in [-0.3, -0.25) is 4.90 Å². The van der Waals surface area contributed by atoms with Gasteiger partial charge in [0.05, 0.1) is 19.8 Å². The van der Waals surface area contributed by atoms with Gasteiger partial charge in [0.1, 0.15) is 5.75 Å². The van der Waals surface area contributed by atoms with Crippen LogP contribution < -0.4 is 10.5 Å². The molecule has 5 nitrogen and oxygen atoms in total. The Labute approximate surface area is 222 Å². The van der Waals surface area contributed by atoms with Gasteiger partial charge in [-0.2, -0.15) is 26.3 Å². The summed E-state index contributed by atoms with van der Waals surface area (Å²) in [5, 5.41) is 0. The zero-order valence-electron chi connectivity index (χ0n) is 21.9. The molecule has 0 saturated carbocycles. The largest absolute Gasteiger partial charge is 0.496 e. The number of nitrogens with two attached hydrogens (primary N) is 1. The second kappa shape index (κ2) is 11.7. The number of nitrogens with zero attached hydrogens (tertiary/aromatic N) is 1. The third-order valence-electron chi connectivity index (χ3n) is 6.39. The molecule has 0 heterocycles. The normalized spacial score (nSPS) is 16.1. The number of carbonyl (C=O) groups is 1. The maximum absolute atomic E-state index is 13.7. The van der Waals surface area contributed by atoms with Crippen molar-refractivity contribution in [2.45, 2.75) is 51.1 Å². The Morgan fingerprint density at radius 3 is 2.26 bits per heavy atom. The minimum absolute atomic E-state index is 0.0967. The number of amides is 1. The van der Waals surface area contributed by atoms with Crippen molar-refractivity contribution in [2.24, 2.45) is 5.73 Å². The first-order valence-corrected chi connectivity index (χ1v) is 12.1. The summed E-state index contributed by atoms with van der Waals surface area (Å²) in [7, 11) is 2.51.